The number of aliphatic hydroxyl groups excluding tert-OH is 1. The lowest BCUT2D eigenvalue weighted by Crippen LogP contribution is -2.43. The van der Waals surface area contributed by atoms with Crippen molar-refractivity contribution in [3.63, 3.8) is 0 Å². The van der Waals surface area contributed by atoms with Gasteiger partial charge in [-0.25, -0.2) is 0 Å². The molecule has 0 unspecified atom stereocenters. The Morgan fingerprint density at radius 1 is 1.30 bits per heavy atom. The first-order valence-electron chi connectivity index (χ1n) is 9.18. The monoisotopic (exact) mass is 312 g/mol. The molecule has 0 saturated heterocycles. The van der Waals surface area contributed by atoms with Crippen LogP contribution in [0.3, 0.4) is 0 Å². The summed E-state index contributed by atoms with van der Waals surface area (Å²) in [6, 6.07) is 6.67. The van der Waals surface area contributed by atoms with Crippen molar-refractivity contribution in [1.29, 1.82) is 0 Å². The highest BCUT2D eigenvalue weighted by Gasteiger charge is 2.54. The second kappa shape index (κ2) is 5.66. The van der Waals surface area contributed by atoms with Gasteiger partial charge in [0.05, 0.1) is 6.10 Å². The normalized spacial score (nSPS) is 38.3. The first-order valence-corrected chi connectivity index (χ1v) is 9.18. The van der Waals surface area contributed by atoms with Crippen molar-refractivity contribution in [2.75, 3.05) is 6.61 Å². The third kappa shape index (κ3) is 2.34. The van der Waals surface area contributed by atoms with Crippen LogP contribution in [0.2, 0.25) is 0 Å². The minimum Gasteiger partial charge on any atom is -0.490 e. The second-order valence-corrected chi connectivity index (χ2v) is 8.01. The van der Waals surface area contributed by atoms with Gasteiger partial charge >= 0.3 is 0 Å². The molecule has 124 valence electrons. The minimum absolute atomic E-state index is 0.0791. The lowest BCUT2D eigenvalue weighted by Gasteiger charge is -2.50. The predicted molar refractivity (Wildman–Crippen MR) is 92.8 cm³/mol. The molecule has 0 amide bonds. The highest BCUT2D eigenvalue weighted by atomic mass is 16.5. The van der Waals surface area contributed by atoms with E-state index in [4.69, 9.17) is 4.74 Å². The molecule has 0 aliphatic heterocycles. The van der Waals surface area contributed by atoms with E-state index in [-0.39, 0.29) is 11.5 Å². The summed E-state index contributed by atoms with van der Waals surface area (Å²) in [7, 11) is 0. The van der Waals surface area contributed by atoms with E-state index in [1.165, 1.54) is 31.2 Å². The van der Waals surface area contributed by atoms with Crippen LogP contribution in [-0.2, 0) is 6.42 Å². The third-order valence-corrected chi connectivity index (χ3v) is 7.02. The van der Waals surface area contributed by atoms with E-state index in [9.17, 15) is 5.11 Å². The van der Waals surface area contributed by atoms with Crippen LogP contribution in [0.5, 0.6) is 5.75 Å². The van der Waals surface area contributed by atoms with Crippen LogP contribution in [0.4, 0.5) is 0 Å². The molecule has 3 aliphatic rings. The maximum Gasteiger partial charge on any atom is 0.120 e. The summed E-state index contributed by atoms with van der Waals surface area (Å²) in [6.45, 7) is 6.63. The Kier molecular flexibility index (Phi) is 3.76. The molecule has 0 bridgehead atoms. The van der Waals surface area contributed by atoms with Crippen LogP contribution < -0.4 is 4.74 Å². The summed E-state index contributed by atoms with van der Waals surface area (Å²) >= 11 is 0. The number of rotatable bonds is 3. The SMILES string of the molecule is C=CCOc1ccc2c(c1)CC[C@H]1[C@H]2CC[C@]2(C)[C@@H](O)CC[C@@H]12. The predicted octanol–water partition coefficient (Wildman–Crippen LogP) is 4.47. The number of hydrogen-bond acceptors (Lipinski definition) is 2. The number of aryl methyl sites for hydroxylation is 1. The molecule has 0 spiro atoms. The van der Waals surface area contributed by atoms with Gasteiger partial charge in [-0.2, -0.15) is 0 Å². The summed E-state index contributed by atoms with van der Waals surface area (Å²) in [5, 5.41) is 10.5. The van der Waals surface area contributed by atoms with E-state index in [1.54, 1.807) is 11.6 Å². The van der Waals surface area contributed by atoms with Crippen LogP contribution >= 0.6 is 0 Å². The first-order chi connectivity index (χ1) is 11.1. The standard InChI is InChI=1S/C21H28O2/c1-3-12-23-15-5-7-16-14(13-15)4-6-18-17(16)10-11-21(2)19(18)8-9-20(21)22/h3,5,7,13,17-20,22H,1,4,6,8-12H2,2H3/t17-,18-,19-,20-,21-/m0/s1. The number of benzene rings is 1. The quantitative estimate of drug-likeness (QED) is 0.835. The average molecular weight is 312 g/mol. The first kappa shape index (κ1) is 15.3. The molecular formula is C21H28O2. The maximum absolute atomic E-state index is 10.5. The summed E-state index contributed by atoms with van der Waals surface area (Å²) in [4.78, 5) is 0. The molecule has 0 heterocycles. The van der Waals surface area contributed by atoms with Crippen molar-refractivity contribution in [1.82, 2.24) is 0 Å². The highest BCUT2D eigenvalue weighted by Crippen LogP contribution is 2.60. The molecule has 1 aromatic carbocycles. The van der Waals surface area contributed by atoms with Crippen LogP contribution in [0, 0.1) is 17.3 Å². The Morgan fingerprint density at radius 2 is 2.17 bits per heavy atom. The van der Waals surface area contributed by atoms with E-state index < -0.39 is 0 Å². The highest BCUT2D eigenvalue weighted by molar-refractivity contribution is 5.40. The molecule has 2 nitrogen and oxygen atoms in total. The van der Waals surface area contributed by atoms with Gasteiger partial charge in [-0.3, -0.25) is 0 Å². The van der Waals surface area contributed by atoms with Gasteiger partial charge in [0.25, 0.3) is 0 Å². The number of hydrogen-bond donors (Lipinski definition) is 1. The molecule has 3 aliphatic carbocycles. The lowest BCUT2D eigenvalue weighted by atomic mass is 9.55. The van der Waals surface area contributed by atoms with E-state index in [2.05, 4.69) is 31.7 Å². The van der Waals surface area contributed by atoms with E-state index in [0.29, 0.717) is 18.4 Å². The van der Waals surface area contributed by atoms with Crippen molar-refractivity contribution >= 4 is 0 Å². The van der Waals surface area contributed by atoms with Crippen LogP contribution in [0.15, 0.2) is 30.9 Å². The van der Waals surface area contributed by atoms with Gasteiger partial charge in [-0.15, -0.1) is 0 Å². The van der Waals surface area contributed by atoms with Crippen LogP contribution in [-0.4, -0.2) is 17.8 Å². The van der Waals surface area contributed by atoms with Gasteiger partial charge in [-0.1, -0.05) is 25.6 Å². The third-order valence-electron chi connectivity index (χ3n) is 7.02. The Balaban J connectivity index is 1.61. The Labute approximate surface area is 139 Å². The van der Waals surface area contributed by atoms with Crippen LogP contribution in [0.25, 0.3) is 0 Å². The molecule has 2 heteroatoms. The zero-order chi connectivity index (χ0) is 16.0. The number of fused-ring (bicyclic) bond motifs is 5. The topological polar surface area (TPSA) is 29.5 Å². The molecule has 1 N–H and O–H groups in total. The summed E-state index contributed by atoms with van der Waals surface area (Å²) in [6.07, 6.45) is 8.77. The molecular weight excluding hydrogens is 284 g/mol. The maximum atomic E-state index is 10.5. The smallest absolute Gasteiger partial charge is 0.120 e. The van der Waals surface area contributed by atoms with Gasteiger partial charge in [-0.05, 0) is 85.0 Å². The van der Waals surface area contributed by atoms with Crippen molar-refractivity contribution in [3.8, 4) is 5.75 Å². The van der Waals surface area contributed by atoms with Crippen molar-refractivity contribution in [2.45, 2.75) is 57.5 Å². The van der Waals surface area contributed by atoms with Crippen LogP contribution in [0.1, 0.15) is 56.1 Å². The summed E-state index contributed by atoms with van der Waals surface area (Å²) in [5.41, 5.74) is 3.21. The molecule has 0 radical (unpaired) electrons. The van der Waals surface area contributed by atoms with Crippen molar-refractivity contribution < 1.29 is 9.84 Å². The summed E-state index contributed by atoms with van der Waals surface area (Å²) < 4.78 is 5.71. The lowest BCUT2D eigenvalue weighted by molar-refractivity contribution is -0.0226. The van der Waals surface area contributed by atoms with Gasteiger partial charge in [0, 0.05) is 0 Å². The Bertz CT molecular complexity index is 608. The molecule has 1 aromatic rings. The minimum atomic E-state index is -0.0791. The molecule has 2 fully saturated rings. The second-order valence-electron chi connectivity index (χ2n) is 8.01. The van der Waals surface area contributed by atoms with E-state index in [0.717, 1.165) is 24.5 Å². The summed E-state index contributed by atoms with van der Waals surface area (Å²) in [5.74, 6) is 3.13. The fourth-order valence-electron chi connectivity index (χ4n) is 5.78. The Morgan fingerprint density at radius 3 is 3.00 bits per heavy atom. The molecule has 4 rings (SSSR count). The van der Waals surface area contributed by atoms with Gasteiger partial charge < -0.3 is 9.84 Å². The van der Waals surface area contributed by atoms with Gasteiger partial charge in [0.2, 0.25) is 0 Å². The molecule has 2 saturated carbocycles. The average Bonchev–Trinajstić information content (AvgIpc) is 2.88. The van der Waals surface area contributed by atoms with Gasteiger partial charge in [0.15, 0.2) is 0 Å². The Hall–Kier alpha value is -1.28. The molecule has 0 aromatic heterocycles. The van der Waals surface area contributed by atoms with Gasteiger partial charge in [0.1, 0.15) is 12.4 Å². The molecule has 23 heavy (non-hydrogen) atoms. The molecule has 5 atom stereocenters. The number of aliphatic hydroxyl groups is 1. The van der Waals surface area contributed by atoms with Crippen molar-refractivity contribution in [2.24, 2.45) is 17.3 Å². The zero-order valence-corrected chi connectivity index (χ0v) is 14.1. The fourth-order valence-corrected chi connectivity index (χ4v) is 5.78. The van der Waals surface area contributed by atoms with E-state index >= 15 is 0 Å². The van der Waals surface area contributed by atoms with E-state index in [1.807, 2.05) is 0 Å². The number of ether oxygens (including phenoxy) is 1. The fraction of sp³-hybridized carbons (Fsp3) is 0.619. The van der Waals surface area contributed by atoms with Crippen molar-refractivity contribution in [3.05, 3.63) is 42.0 Å². The largest absolute Gasteiger partial charge is 0.490 e. The zero-order valence-electron chi connectivity index (χ0n) is 14.1.